The monoisotopic (exact) mass is 260 g/mol. The molecule has 0 spiro atoms. The van der Waals surface area contributed by atoms with Crippen molar-refractivity contribution in [2.45, 2.75) is 38.1 Å². The highest BCUT2D eigenvalue weighted by Crippen LogP contribution is 2.38. The first kappa shape index (κ1) is 12.9. The maximum Gasteiger partial charge on any atom is 0.0434 e. The van der Waals surface area contributed by atoms with Gasteiger partial charge in [-0.15, -0.1) is 0 Å². The van der Waals surface area contributed by atoms with E-state index in [0.29, 0.717) is 18.6 Å². The number of aliphatic hydroxyl groups is 1. The van der Waals surface area contributed by atoms with Crippen LogP contribution in [-0.4, -0.2) is 29.7 Å². The van der Waals surface area contributed by atoms with E-state index in [-0.39, 0.29) is 0 Å². The van der Waals surface area contributed by atoms with E-state index in [1.807, 2.05) is 6.07 Å². The van der Waals surface area contributed by atoms with Crippen molar-refractivity contribution >= 4 is 5.69 Å². The molecule has 104 valence electrons. The van der Waals surface area contributed by atoms with Gasteiger partial charge in [0, 0.05) is 24.9 Å². The Bertz CT molecular complexity index is 444. The van der Waals surface area contributed by atoms with Crippen LogP contribution < -0.4 is 5.73 Å². The topological polar surface area (TPSA) is 49.5 Å². The van der Waals surface area contributed by atoms with Crippen LogP contribution in [0.3, 0.4) is 0 Å². The zero-order valence-electron chi connectivity index (χ0n) is 11.5. The second-order valence-corrected chi connectivity index (χ2v) is 6.03. The number of likely N-dealkylation sites (tertiary alicyclic amines) is 1. The first-order valence-corrected chi connectivity index (χ1v) is 7.51. The Kier molecular flexibility index (Phi) is 3.76. The van der Waals surface area contributed by atoms with Crippen molar-refractivity contribution in [3.8, 4) is 0 Å². The summed E-state index contributed by atoms with van der Waals surface area (Å²) >= 11 is 0. The van der Waals surface area contributed by atoms with E-state index in [2.05, 4.69) is 17.0 Å². The van der Waals surface area contributed by atoms with Gasteiger partial charge in [-0.3, -0.25) is 4.90 Å². The number of nitrogens with zero attached hydrogens (tertiary/aromatic N) is 1. The number of fused-ring (bicyclic) bond motifs is 1. The SMILES string of the molecule is Nc1ccc2c(c1)CCC2N1CCCC(CCO)C1. The van der Waals surface area contributed by atoms with Crippen LogP contribution in [0.5, 0.6) is 0 Å². The second kappa shape index (κ2) is 5.51. The first-order chi connectivity index (χ1) is 9.28. The number of anilines is 1. The molecule has 0 saturated carbocycles. The Hall–Kier alpha value is -1.06. The van der Waals surface area contributed by atoms with Crippen LogP contribution in [0.15, 0.2) is 18.2 Å². The van der Waals surface area contributed by atoms with Crippen molar-refractivity contribution in [2.75, 3.05) is 25.4 Å². The Morgan fingerprint density at radius 1 is 1.32 bits per heavy atom. The lowest BCUT2D eigenvalue weighted by Crippen LogP contribution is -2.37. The number of rotatable bonds is 3. The number of aryl methyl sites for hydroxylation is 1. The van der Waals surface area contributed by atoms with Gasteiger partial charge in [0.1, 0.15) is 0 Å². The molecule has 2 aliphatic rings. The van der Waals surface area contributed by atoms with Gasteiger partial charge >= 0.3 is 0 Å². The molecule has 3 nitrogen and oxygen atoms in total. The standard InChI is InChI=1S/C16H24N2O/c17-14-4-5-15-13(10-14)3-6-16(15)18-8-1-2-12(11-18)7-9-19/h4-5,10,12,16,19H,1-3,6-9,11,17H2. The fourth-order valence-electron chi connectivity index (χ4n) is 3.79. The van der Waals surface area contributed by atoms with Crippen LogP contribution in [0.25, 0.3) is 0 Å². The summed E-state index contributed by atoms with van der Waals surface area (Å²) in [5.74, 6) is 0.677. The van der Waals surface area contributed by atoms with Crippen molar-refractivity contribution < 1.29 is 5.11 Å². The number of aliphatic hydroxyl groups excluding tert-OH is 1. The number of nitrogens with two attached hydrogens (primary N) is 1. The minimum absolute atomic E-state index is 0.330. The van der Waals surface area contributed by atoms with Gasteiger partial charge in [0.25, 0.3) is 0 Å². The minimum atomic E-state index is 0.330. The Morgan fingerprint density at radius 2 is 2.21 bits per heavy atom. The molecule has 0 bridgehead atoms. The van der Waals surface area contributed by atoms with Gasteiger partial charge in [0.15, 0.2) is 0 Å². The van der Waals surface area contributed by atoms with E-state index in [1.54, 1.807) is 0 Å². The van der Waals surface area contributed by atoms with Gasteiger partial charge in [-0.05, 0) is 67.8 Å². The first-order valence-electron chi connectivity index (χ1n) is 7.51. The summed E-state index contributed by atoms with van der Waals surface area (Å²) in [5, 5.41) is 9.13. The van der Waals surface area contributed by atoms with E-state index in [9.17, 15) is 0 Å². The van der Waals surface area contributed by atoms with Gasteiger partial charge in [-0.25, -0.2) is 0 Å². The third-order valence-corrected chi connectivity index (χ3v) is 4.74. The fourth-order valence-corrected chi connectivity index (χ4v) is 3.79. The van der Waals surface area contributed by atoms with E-state index in [1.165, 1.54) is 36.9 Å². The van der Waals surface area contributed by atoms with Crippen LogP contribution in [0, 0.1) is 5.92 Å². The molecule has 1 aliphatic heterocycles. The molecule has 3 N–H and O–H groups in total. The molecule has 1 saturated heterocycles. The smallest absolute Gasteiger partial charge is 0.0434 e. The van der Waals surface area contributed by atoms with Crippen LogP contribution in [0.2, 0.25) is 0 Å². The summed E-state index contributed by atoms with van der Waals surface area (Å²) < 4.78 is 0. The van der Waals surface area contributed by atoms with E-state index in [0.717, 1.165) is 25.1 Å². The van der Waals surface area contributed by atoms with Crippen molar-refractivity contribution in [1.82, 2.24) is 4.90 Å². The Balaban J connectivity index is 1.74. The van der Waals surface area contributed by atoms with Crippen molar-refractivity contribution in [1.29, 1.82) is 0 Å². The summed E-state index contributed by atoms with van der Waals surface area (Å²) in [5.41, 5.74) is 9.68. The number of benzene rings is 1. The normalized spacial score (nSPS) is 27.4. The molecule has 2 unspecified atom stereocenters. The van der Waals surface area contributed by atoms with E-state index in [4.69, 9.17) is 10.8 Å². The molecular formula is C16H24N2O. The molecule has 1 heterocycles. The average molecular weight is 260 g/mol. The molecule has 3 rings (SSSR count). The molecular weight excluding hydrogens is 236 g/mol. The quantitative estimate of drug-likeness (QED) is 0.820. The average Bonchev–Trinajstić information content (AvgIpc) is 2.82. The summed E-state index contributed by atoms with van der Waals surface area (Å²) in [4.78, 5) is 2.63. The molecule has 2 atom stereocenters. The van der Waals surface area contributed by atoms with Crippen molar-refractivity contribution in [3.05, 3.63) is 29.3 Å². The summed E-state index contributed by atoms with van der Waals surface area (Å²) in [6.45, 7) is 2.68. The highest BCUT2D eigenvalue weighted by atomic mass is 16.3. The highest BCUT2D eigenvalue weighted by molar-refractivity contribution is 5.47. The molecule has 19 heavy (non-hydrogen) atoms. The van der Waals surface area contributed by atoms with Gasteiger partial charge in [-0.2, -0.15) is 0 Å². The lowest BCUT2D eigenvalue weighted by molar-refractivity contribution is 0.107. The molecule has 1 fully saturated rings. The zero-order valence-corrected chi connectivity index (χ0v) is 11.5. The molecule has 1 aromatic carbocycles. The number of hydrogen-bond acceptors (Lipinski definition) is 3. The maximum absolute atomic E-state index is 9.13. The predicted molar refractivity (Wildman–Crippen MR) is 77.9 cm³/mol. The van der Waals surface area contributed by atoms with E-state index < -0.39 is 0 Å². The van der Waals surface area contributed by atoms with Gasteiger partial charge in [0.05, 0.1) is 0 Å². The van der Waals surface area contributed by atoms with Crippen LogP contribution in [-0.2, 0) is 6.42 Å². The third-order valence-electron chi connectivity index (χ3n) is 4.74. The van der Waals surface area contributed by atoms with E-state index >= 15 is 0 Å². The fraction of sp³-hybridized carbons (Fsp3) is 0.625. The molecule has 1 aromatic rings. The predicted octanol–water partition coefficient (Wildman–Crippen LogP) is 2.35. The van der Waals surface area contributed by atoms with Crippen LogP contribution >= 0.6 is 0 Å². The maximum atomic E-state index is 9.13. The Labute approximate surface area is 115 Å². The molecule has 1 aliphatic carbocycles. The molecule has 3 heteroatoms. The second-order valence-electron chi connectivity index (χ2n) is 6.03. The molecule has 0 amide bonds. The van der Waals surface area contributed by atoms with Gasteiger partial charge < -0.3 is 10.8 Å². The summed E-state index contributed by atoms with van der Waals surface area (Å²) in [7, 11) is 0. The third kappa shape index (κ3) is 2.63. The van der Waals surface area contributed by atoms with Gasteiger partial charge in [0.2, 0.25) is 0 Å². The zero-order chi connectivity index (χ0) is 13.2. The Morgan fingerprint density at radius 3 is 3.05 bits per heavy atom. The van der Waals surface area contributed by atoms with Gasteiger partial charge in [-0.1, -0.05) is 6.07 Å². The summed E-state index contributed by atoms with van der Waals surface area (Å²) in [6.07, 6.45) is 5.89. The molecule has 0 radical (unpaired) electrons. The van der Waals surface area contributed by atoms with Crippen molar-refractivity contribution in [3.63, 3.8) is 0 Å². The van der Waals surface area contributed by atoms with Crippen molar-refractivity contribution in [2.24, 2.45) is 5.92 Å². The largest absolute Gasteiger partial charge is 0.399 e. The number of nitrogen functional groups attached to an aromatic ring is 1. The highest BCUT2D eigenvalue weighted by Gasteiger charge is 2.31. The van der Waals surface area contributed by atoms with Crippen LogP contribution in [0.4, 0.5) is 5.69 Å². The summed E-state index contributed by atoms with van der Waals surface area (Å²) in [6, 6.07) is 6.98. The lowest BCUT2D eigenvalue weighted by atomic mass is 9.93. The number of piperidine rings is 1. The molecule has 0 aromatic heterocycles. The van der Waals surface area contributed by atoms with Crippen LogP contribution in [0.1, 0.15) is 42.9 Å². The minimum Gasteiger partial charge on any atom is -0.399 e. The number of hydrogen-bond donors (Lipinski definition) is 2. The lowest BCUT2D eigenvalue weighted by Gasteiger charge is -2.37.